The third-order valence-electron chi connectivity index (χ3n) is 4.83. The fourth-order valence-corrected chi connectivity index (χ4v) is 3.32. The number of fused-ring (bicyclic) bond motifs is 1. The predicted octanol–water partition coefficient (Wildman–Crippen LogP) is 3.12. The van der Waals surface area contributed by atoms with E-state index in [4.69, 9.17) is 19.3 Å². The van der Waals surface area contributed by atoms with Crippen molar-refractivity contribution in [3.05, 3.63) is 41.3 Å². The maximum atomic E-state index is 10.5. The van der Waals surface area contributed by atoms with Gasteiger partial charge in [-0.15, -0.1) is 0 Å². The van der Waals surface area contributed by atoms with Crippen molar-refractivity contribution in [2.45, 2.75) is 39.5 Å². The summed E-state index contributed by atoms with van der Waals surface area (Å²) >= 11 is 0. The van der Waals surface area contributed by atoms with Crippen LogP contribution in [0.5, 0.6) is 11.6 Å². The Kier molecular flexibility index (Phi) is 8.38. The van der Waals surface area contributed by atoms with Crippen molar-refractivity contribution in [2.24, 2.45) is 7.05 Å². The van der Waals surface area contributed by atoms with Gasteiger partial charge in [0.25, 0.3) is 0 Å². The Morgan fingerprint density at radius 3 is 2.50 bits per heavy atom. The number of aryl methyl sites for hydroxylation is 3. The quantitative estimate of drug-likeness (QED) is 0.402. The summed E-state index contributed by atoms with van der Waals surface area (Å²) in [7, 11) is 1.88. The zero-order valence-electron chi connectivity index (χ0n) is 18.8. The van der Waals surface area contributed by atoms with Crippen molar-refractivity contribution in [1.82, 2.24) is 19.7 Å². The molecular weight excluding hydrogens is 412 g/mol. The molecule has 2 aromatic heterocycles. The van der Waals surface area contributed by atoms with Gasteiger partial charge in [0, 0.05) is 7.05 Å². The van der Waals surface area contributed by atoms with Gasteiger partial charge >= 0.3 is 5.97 Å². The van der Waals surface area contributed by atoms with Crippen LogP contribution in [0, 0.1) is 6.92 Å². The van der Waals surface area contributed by atoms with Crippen LogP contribution in [0.15, 0.2) is 24.3 Å². The summed E-state index contributed by atoms with van der Waals surface area (Å²) in [6.45, 7) is 5.41. The van der Waals surface area contributed by atoms with Crippen molar-refractivity contribution in [2.75, 3.05) is 26.4 Å². The van der Waals surface area contributed by atoms with E-state index < -0.39 is 5.97 Å². The summed E-state index contributed by atoms with van der Waals surface area (Å²) in [4.78, 5) is 19.5. The summed E-state index contributed by atoms with van der Waals surface area (Å²) in [5, 5.41) is 13.2. The zero-order valence-corrected chi connectivity index (χ0v) is 18.8. The molecule has 0 amide bonds. The maximum Gasteiger partial charge on any atom is 0.305 e. The molecule has 172 valence electrons. The molecule has 3 rings (SSSR count). The summed E-state index contributed by atoms with van der Waals surface area (Å²) in [5.41, 5.74) is 3.71. The molecule has 0 bridgehead atoms. The Labute approximate surface area is 187 Å². The molecule has 0 spiro atoms. The summed E-state index contributed by atoms with van der Waals surface area (Å²) in [6, 6.07) is 7.74. The van der Waals surface area contributed by atoms with Crippen molar-refractivity contribution in [3.8, 4) is 11.6 Å². The van der Waals surface area contributed by atoms with Crippen LogP contribution in [0.3, 0.4) is 0 Å². The van der Waals surface area contributed by atoms with E-state index in [0.717, 1.165) is 47.3 Å². The second-order valence-corrected chi connectivity index (χ2v) is 7.44. The Morgan fingerprint density at radius 1 is 1.03 bits per heavy atom. The van der Waals surface area contributed by atoms with E-state index in [9.17, 15) is 4.79 Å². The molecule has 0 aliphatic heterocycles. The largest absolute Gasteiger partial charge is 0.490 e. The molecule has 32 heavy (non-hydrogen) atoms. The second-order valence-electron chi connectivity index (χ2n) is 7.44. The lowest BCUT2D eigenvalue weighted by Gasteiger charge is -2.10. The first-order chi connectivity index (χ1) is 15.5. The van der Waals surface area contributed by atoms with Crippen molar-refractivity contribution >= 4 is 17.0 Å². The zero-order chi connectivity index (χ0) is 22.9. The molecule has 0 aliphatic rings. The first-order valence-corrected chi connectivity index (χ1v) is 10.8. The van der Waals surface area contributed by atoms with E-state index in [1.165, 1.54) is 0 Å². The average Bonchev–Trinajstić information content (AvgIpc) is 3.07. The molecule has 9 nitrogen and oxygen atoms in total. The molecule has 2 heterocycles. The van der Waals surface area contributed by atoms with Gasteiger partial charge in [-0.1, -0.05) is 25.5 Å². The smallest absolute Gasteiger partial charge is 0.305 e. The average molecular weight is 443 g/mol. The number of aromatic nitrogens is 4. The fourth-order valence-electron chi connectivity index (χ4n) is 3.32. The number of rotatable bonds is 13. The molecule has 0 saturated carbocycles. The highest BCUT2D eigenvalue weighted by Crippen LogP contribution is 2.25. The number of carboxylic acids is 1. The summed E-state index contributed by atoms with van der Waals surface area (Å²) < 4.78 is 18.8. The van der Waals surface area contributed by atoms with Gasteiger partial charge < -0.3 is 19.3 Å². The van der Waals surface area contributed by atoms with E-state index in [-0.39, 0.29) is 13.0 Å². The summed E-state index contributed by atoms with van der Waals surface area (Å²) in [6.07, 6.45) is 2.60. The van der Waals surface area contributed by atoms with Crippen LogP contribution in [0.1, 0.15) is 36.8 Å². The third kappa shape index (κ3) is 6.40. The predicted molar refractivity (Wildman–Crippen MR) is 119 cm³/mol. The van der Waals surface area contributed by atoms with Crippen LogP contribution in [-0.2, 0) is 29.4 Å². The molecule has 3 aromatic rings. The van der Waals surface area contributed by atoms with Gasteiger partial charge in [-0.2, -0.15) is 10.1 Å². The van der Waals surface area contributed by atoms with E-state index in [2.05, 4.69) is 22.0 Å². The first-order valence-electron chi connectivity index (χ1n) is 10.8. The molecule has 0 saturated heterocycles. The SMILES string of the molecule is CCCc1nn(C)c2c(OCCOc3ccc(CCOCCC(=O)O)cc3)nc(C)nc12. The standard InChI is InChI=1S/C23H30N4O5/c1-4-5-19-21-22(27(3)26-19)23(25-16(2)24-21)32-15-14-31-18-8-6-17(7-9-18)10-12-30-13-11-20(28)29/h6-9H,4-5,10-15H2,1-3H3,(H,28,29). The van der Waals surface area contributed by atoms with Gasteiger partial charge in [-0.3, -0.25) is 9.48 Å². The van der Waals surface area contributed by atoms with Crippen molar-refractivity contribution in [1.29, 1.82) is 0 Å². The molecule has 0 atom stereocenters. The van der Waals surface area contributed by atoms with E-state index in [1.54, 1.807) is 4.68 Å². The number of hydrogen-bond acceptors (Lipinski definition) is 7. The minimum absolute atomic E-state index is 0.0233. The van der Waals surface area contributed by atoms with Gasteiger partial charge in [0.05, 0.1) is 25.3 Å². The Balaban J connectivity index is 1.48. The van der Waals surface area contributed by atoms with Gasteiger partial charge in [0.2, 0.25) is 5.88 Å². The van der Waals surface area contributed by atoms with Crippen LogP contribution in [0.2, 0.25) is 0 Å². The molecule has 0 radical (unpaired) electrons. The molecule has 0 aliphatic carbocycles. The second kappa shape index (κ2) is 11.4. The summed E-state index contributed by atoms with van der Waals surface area (Å²) in [5.74, 6) is 1.07. The molecule has 1 N–H and O–H groups in total. The molecule has 0 fully saturated rings. The van der Waals surface area contributed by atoms with Gasteiger partial charge in [0.1, 0.15) is 35.8 Å². The third-order valence-corrected chi connectivity index (χ3v) is 4.83. The van der Waals surface area contributed by atoms with Crippen LogP contribution in [0.25, 0.3) is 11.0 Å². The number of benzene rings is 1. The minimum Gasteiger partial charge on any atom is -0.490 e. The van der Waals surface area contributed by atoms with Crippen LogP contribution < -0.4 is 9.47 Å². The van der Waals surface area contributed by atoms with Gasteiger partial charge in [-0.25, -0.2) is 4.98 Å². The fraction of sp³-hybridized carbons (Fsp3) is 0.478. The minimum atomic E-state index is -0.851. The monoisotopic (exact) mass is 442 g/mol. The molecule has 0 unspecified atom stereocenters. The Bertz CT molecular complexity index is 1030. The highest BCUT2D eigenvalue weighted by atomic mass is 16.5. The maximum absolute atomic E-state index is 10.5. The van der Waals surface area contributed by atoms with Crippen LogP contribution >= 0.6 is 0 Å². The number of nitrogens with zero attached hydrogens (tertiary/aromatic N) is 4. The van der Waals surface area contributed by atoms with E-state index >= 15 is 0 Å². The Hall–Kier alpha value is -3.20. The highest BCUT2D eigenvalue weighted by molar-refractivity contribution is 5.82. The lowest BCUT2D eigenvalue weighted by molar-refractivity contribution is -0.138. The lowest BCUT2D eigenvalue weighted by Crippen LogP contribution is -2.11. The molecule has 1 aromatic carbocycles. The number of ether oxygens (including phenoxy) is 3. The van der Waals surface area contributed by atoms with Crippen molar-refractivity contribution in [3.63, 3.8) is 0 Å². The molecule has 9 heteroatoms. The first kappa shape index (κ1) is 23.5. The number of carboxylic acid groups (broad SMARTS) is 1. The van der Waals surface area contributed by atoms with E-state index in [0.29, 0.717) is 31.5 Å². The van der Waals surface area contributed by atoms with Crippen LogP contribution in [-0.4, -0.2) is 57.3 Å². The Morgan fingerprint density at radius 2 is 1.78 bits per heavy atom. The van der Waals surface area contributed by atoms with Gasteiger partial charge in [-0.05, 0) is 37.5 Å². The van der Waals surface area contributed by atoms with Crippen molar-refractivity contribution < 1.29 is 24.1 Å². The number of aliphatic carboxylic acids is 1. The highest BCUT2D eigenvalue weighted by Gasteiger charge is 2.16. The molecular formula is C23H30N4O5. The number of carbonyl (C=O) groups is 1. The number of hydrogen-bond donors (Lipinski definition) is 1. The van der Waals surface area contributed by atoms with Crippen LogP contribution in [0.4, 0.5) is 0 Å². The normalized spacial score (nSPS) is 11.1. The van der Waals surface area contributed by atoms with Gasteiger partial charge in [0.15, 0.2) is 0 Å². The van der Waals surface area contributed by atoms with E-state index in [1.807, 2.05) is 38.2 Å². The lowest BCUT2D eigenvalue weighted by atomic mass is 10.1. The topological polar surface area (TPSA) is 109 Å².